The van der Waals surface area contributed by atoms with Gasteiger partial charge in [0.25, 0.3) is 0 Å². The summed E-state index contributed by atoms with van der Waals surface area (Å²) in [5.41, 5.74) is 0. The number of para-hydroxylation sites is 1. The van der Waals surface area contributed by atoms with Crippen molar-refractivity contribution in [2.75, 3.05) is 7.05 Å². The van der Waals surface area contributed by atoms with Crippen molar-refractivity contribution in [3.8, 4) is 5.75 Å². The van der Waals surface area contributed by atoms with E-state index >= 15 is 0 Å². The maximum absolute atomic E-state index is 13.3. The molecule has 3 nitrogen and oxygen atoms in total. The molecule has 0 amide bonds. The second kappa shape index (κ2) is 5.75. The first-order chi connectivity index (χ1) is 8.29. The Morgan fingerprint density at radius 2 is 2.24 bits per heavy atom. The molecule has 0 spiro atoms. The summed E-state index contributed by atoms with van der Waals surface area (Å²) >= 11 is 1.56. The van der Waals surface area contributed by atoms with Crippen molar-refractivity contribution in [3.05, 3.63) is 46.2 Å². The van der Waals surface area contributed by atoms with E-state index in [1.54, 1.807) is 35.7 Å². The van der Waals surface area contributed by atoms with Crippen LogP contribution in [0.5, 0.6) is 5.75 Å². The van der Waals surface area contributed by atoms with Gasteiger partial charge in [-0.05, 0) is 19.2 Å². The van der Waals surface area contributed by atoms with Gasteiger partial charge in [-0.2, -0.15) is 0 Å². The van der Waals surface area contributed by atoms with Gasteiger partial charge in [0, 0.05) is 17.6 Å². The number of aromatic nitrogens is 1. The van der Waals surface area contributed by atoms with Gasteiger partial charge in [-0.1, -0.05) is 12.1 Å². The Bertz CT molecular complexity index is 487. The van der Waals surface area contributed by atoms with Crippen molar-refractivity contribution in [1.29, 1.82) is 0 Å². The summed E-state index contributed by atoms with van der Waals surface area (Å²) in [6, 6.07) is 6.37. The average Bonchev–Trinajstić information content (AvgIpc) is 2.76. The molecule has 0 fully saturated rings. The van der Waals surface area contributed by atoms with Crippen LogP contribution in [0, 0.1) is 5.82 Å². The zero-order valence-electron chi connectivity index (χ0n) is 9.44. The SMILES string of the molecule is CNCc1cnc(COc2ccccc2F)s1. The molecular weight excluding hydrogens is 239 g/mol. The van der Waals surface area contributed by atoms with Crippen LogP contribution >= 0.6 is 11.3 Å². The van der Waals surface area contributed by atoms with Crippen molar-refractivity contribution in [2.45, 2.75) is 13.2 Å². The number of nitrogens with one attached hydrogen (secondary N) is 1. The number of benzene rings is 1. The predicted molar refractivity (Wildman–Crippen MR) is 65.6 cm³/mol. The lowest BCUT2D eigenvalue weighted by molar-refractivity contribution is 0.290. The summed E-state index contributed by atoms with van der Waals surface area (Å²) in [7, 11) is 1.88. The molecule has 0 aliphatic rings. The van der Waals surface area contributed by atoms with E-state index in [1.165, 1.54) is 6.07 Å². The van der Waals surface area contributed by atoms with Crippen molar-refractivity contribution >= 4 is 11.3 Å². The predicted octanol–water partition coefficient (Wildman–Crippen LogP) is 2.58. The molecule has 0 radical (unpaired) electrons. The summed E-state index contributed by atoms with van der Waals surface area (Å²) in [5, 5.41) is 3.90. The maximum atomic E-state index is 13.3. The third-order valence-corrected chi connectivity index (χ3v) is 3.11. The van der Waals surface area contributed by atoms with Crippen LogP contribution in [0.3, 0.4) is 0 Å². The monoisotopic (exact) mass is 252 g/mol. The van der Waals surface area contributed by atoms with E-state index in [4.69, 9.17) is 4.74 Å². The first kappa shape index (κ1) is 12.0. The lowest BCUT2D eigenvalue weighted by atomic mass is 10.3. The fourth-order valence-corrected chi connectivity index (χ4v) is 2.22. The summed E-state index contributed by atoms with van der Waals surface area (Å²) in [5.74, 6) is -0.0858. The molecular formula is C12H13FN2OS. The van der Waals surface area contributed by atoms with Gasteiger partial charge in [-0.3, -0.25) is 0 Å². The molecule has 0 bridgehead atoms. The molecule has 90 valence electrons. The van der Waals surface area contributed by atoms with E-state index in [0.717, 1.165) is 16.4 Å². The molecule has 2 aromatic rings. The van der Waals surface area contributed by atoms with Gasteiger partial charge in [-0.25, -0.2) is 9.37 Å². The molecule has 0 atom stereocenters. The highest BCUT2D eigenvalue weighted by Crippen LogP contribution is 2.19. The van der Waals surface area contributed by atoms with Crippen LogP contribution in [0.15, 0.2) is 30.5 Å². The third kappa shape index (κ3) is 3.25. The normalized spacial score (nSPS) is 10.5. The molecule has 1 aromatic heterocycles. The Balaban J connectivity index is 1.95. The minimum atomic E-state index is -0.348. The highest BCUT2D eigenvalue weighted by atomic mass is 32.1. The summed E-state index contributed by atoms with van der Waals surface area (Å²) in [6.45, 7) is 1.09. The van der Waals surface area contributed by atoms with Crippen molar-refractivity contribution in [1.82, 2.24) is 10.3 Å². The number of nitrogens with zero attached hydrogens (tertiary/aromatic N) is 1. The Kier molecular flexibility index (Phi) is 4.06. The van der Waals surface area contributed by atoms with E-state index in [2.05, 4.69) is 10.3 Å². The van der Waals surface area contributed by atoms with Crippen LogP contribution in [0.4, 0.5) is 4.39 Å². The second-order valence-electron chi connectivity index (χ2n) is 3.47. The largest absolute Gasteiger partial charge is 0.483 e. The highest BCUT2D eigenvalue weighted by molar-refractivity contribution is 7.11. The average molecular weight is 252 g/mol. The van der Waals surface area contributed by atoms with Gasteiger partial charge in [0.15, 0.2) is 11.6 Å². The van der Waals surface area contributed by atoms with E-state index in [0.29, 0.717) is 6.61 Å². The third-order valence-electron chi connectivity index (χ3n) is 2.14. The Hall–Kier alpha value is -1.46. The number of hydrogen-bond acceptors (Lipinski definition) is 4. The minimum Gasteiger partial charge on any atom is -0.483 e. The topological polar surface area (TPSA) is 34.2 Å². The van der Waals surface area contributed by atoms with Gasteiger partial charge in [0.1, 0.15) is 11.6 Å². The molecule has 1 aromatic carbocycles. The molecule has 1 heterocycles. The van der Waals surface area contributed by atoms with E-state index < -0.39 is 0 Å². The van der Waals surface area contributed by atoms with E-state index in [-0.39, 0.29) is 11.6 Å². The van der Waals surface area contributed by atoms with Gasteiger partial charge in [-0.15, -0.1) is 11.3 Å². The fraction of sp³-hybridized carbons (Fsp3) is 0.250. The van der Waals surface area contributed by atoms with Crippen LogP contribution in [-0.4, -0.2) is 12.0 Å². The zero-order chi connectivity index (χ0) is 12.1. The fourth-order valence-electron chi connectivity index (χ4n) is 1.37. The molecule has 17 heavy (non-hydrogen) atoms. The van der Waals surface area contributed by atoms with Crippen LogP contribution in [0.2, 0.25) is 0 Å². The molecule has 2 rings (SSSR count). The number of thiazole rings is 1. The minimum absolute atomic E-state index is 0.262. The first-order valence-corrected chi connectivity index (χ1v) is 6.07. The smallest absolute Gasteiger partial charge is 0.165 e. The standard InChI is InChI=1S/C12H13FN2OS/c1-14-6-9-7-15-12(17-9)8-16-11-5-3-2-4-10(11)13/h2-5,7,14H,6,8H2,1H3. The molecule has 0 aliphatic carbocycles. The van der Waals surface area contributed by atoms with E-state index in [9.17, 15) is 4.39 Å². The van der Waals surface area contributed by atoms with Crippen molar-refractivity contribution < 1.29 is 9.13 Å². The molecule has 1 N–H and O–H groups in total. The first-order valence-electron chi connectivity index (χ1n) is 5.25. The number of rotatable bonds is 5. The number of halogens is 1. The van der Waals surface area contributed by atoms with Crippen LogP contribution in [0.25, 0.3) is 0 Å². The Morgan fingerprint density at radius 3 is 3.00 bits per heavy atom. The maximum Gasteiger partial charge on any atom is 0.165 e. The van der Waals surface area contributed by atoms with Crippen molar-refractivity contribution in [2.24, 2.45) is 0 Å². The summed E-state index contributed by atoms with van der Waals surface area (Å²) in [6.07, 6.45) is 1.81. The summed E-state index contributed by atoms with van der Waals surface area (Å²) < 4.78 is 18.6. The highest BCUT2D eigenvalue weighted by Gasteiger charge is 2.05. The number of hydrogen-bond donors (Lipinski definition) is 1. The van der Waals surface area contributed by atoms with Crippen LogP contribution < -0.4 is 10.1 Å². The van der Waals surface area contributed by atoms with Gasteiger partial charge in [0.2, 0.25) is 0 Å². The quantitative estimate of drug-likeness (QED) is 0.888. The molecule has 0 saturated heterocycles. The molecule has 5 heteroatoms. The Morgan fingerprint density at radius 1 is 1.41 bits per heavy atom. The van der Waals surface area contributed by atoms with Gasteiger partial charge >= 0.3 is 0 Å². The summed E-state index contributed by atoms with van der Waals surface area (Å²) in [4.78, 5) is 5.35. The van der Waals surface area contributed by atoms with Crippen molar-refractivity contribution in [3.63, 3.8) is 0 Å². The van der Waals surface area contributed by atoms with Crippen LogP contribution in [0.1, 0.15) is 9.88 Å². The zero-order valence-corrected chi connectivity index (χ0v) is 10.3. The Labute approximate surface area is 103 Å². The van der Waals surface area contributed by atoms with Crippen LogP contribution in [-0.2, 0) is 13.2 Å². The van der Waals surface area contributed by atoms with E-state index in [1.807, 2.05) is 7.05 Å². The number of ether oxygens (including phenoxy) is 1. The van der Waals surface area contributed by atoms with Gasteiger partial charge < -0.3 is 10.1 Å². The lowest BCUT2D eigenvalue weighted by Crippen LogP contribution is -2.02. The molecule has 0 unspecified atom stereocenters. The lowest BCUT2D eigenvalue weighted by Gasteiger charge is -2.04. The molecule has 0 saturated carbocycles. The second-order valence-corrected chi connectivity index (χ2v) is 4.67. The van der Waals surface area contributed by atoms with Gasteiger partial charge in [0.05, 0.1) is 0 Å². The molecule has 0 aliphatic heterocycles.